The van der Waals surface area contributed by atoms with E-state index in [1.807, 2.05) is 0 Å². The van der Waals surface area contributed by atoms with E-state index in [0.717, 1.165) is 19.4 Å². The standard InChI is InChI=1S/C18H35N/c1-2-3-4-5-6-7-8-9-10-11-12-13-14-15-16-17-18-19/h2-10,13-19H2,1H3. The van der Waals surface area contributed by atoms with Crippen molar-refractivity contribution in [3.63, 3.8) is 0 Å². The molecule has 0 rings (SSSR count). The molecule has 0 amide bonds. The SMILES string of the molecule is CCCCCCCCCCC#CCCCCCCN. The largest absolute Gasteiger partial charge is 0.330 e. The number of hydrogen-bond donors (Lipinski definition) is 1. The molecular weight excluding hydrogens is 230 g/mol. The summed E-state index contributed by atoms with van der Waals surface area (Å²) in [4.78, 5) is 0. The Labute approximate surface area is 121 Å². The van der Waals surface area contributed by atoms with Gasteiger partial charge in [0, 0.05) is 12.8 Å². The van der Waals surface area contributed by atoms with Crippen molar-refractivity contribution in [2.75, 3.05) is 6.54 Å². The topological polar surface area (TPSA) is 26.0 Å². The molecule has 2 N–H and O–H groups in total. The maximum Gasteiger partial charge on any atom is 0.00886 e. The molecule has 0 aromatic heterocycles. The highest BCUT2D eigenvalue weighted by Gasteiger charge is 1.90. The molecule has 0 aliphatic carbocycles. The zero-order valence-corrected chi connectivity index (χ0v) is 13.2. The predicted octanol–water partition coefficient (Wildman–Crippen LogP) is 5.43. The Morgan fingerprint density at radius 2 is 1.00 bits per heavy atom. The molecule has 0 bridgehead atoms. The molecule has 0 saturated carbocycles. The summed E-state index contributed by atoms with van der Waals surface area (Å²) in [5.74, 6) is 6.61. The minimum Gasteiger partial charge on any atom is -0.330 e. The summed E-state index contributed by atoms with van der Waals surface area (Å²) in [5, 5.41) is 0. The average Bonchev–Trinajstić information content (AvgIpc) is 2.43. The van der Waals surface area contributed by atoms with Crippen molar-refractivity contribution in [3.8, 4) is 11.8 Å². The first-order valence-electron chi connectivity index (χ1n) is 8.57. The van der Waals surface area contributed by atoms with Gasteiger partial charge in [0.15, 0.2) is 0 Å². The Balaban J connectivity index is 3.05. The molecule has 19 heavy (non-hydrogen) atoms. The Hall–Kier alpha value is -0.480. The Morgan fingerprint density at radius 1 is 0.579 bits per heavy atom. The fourth-order valence-corrected chi connectivity index (χ4v) is 2.24. The number of hydrogen-bond acceptors (Lipinski definition) is 1. The van der Waals surface area contributed by atoms with Crippen LogP contribution in [0, 0.1) is 11.8 Å². The van der Waals surface area contributed by atoms with Crippen LogP contribution in [0.15, 0.2) is 0 Å². The van der Waals surface area contributed by atoms with Gasteiger partial charge in [0.25, 0.3) is 0 Å². The third-order valence-electron chi connectivity index (χ3n) is 3.54. The van der Waals surface area contributed by atoms with E-state index in [4.69, 9.17) is 5.73 Å². The van der Waals surface area contributed by atoms with Crippen LogP contribution in [-0.2, 0) is 0 Å². The summed E-state index contributed by atoms with van der Waals surface area (Å²) in [6.07, 6.45) is 18.3. The number of rotatable bonds is 13. The molecule has 0 aromatic carbocycles. The average molecular weight is 265 g/mol. The lowest BCUT2D eigenvalue weighted by Crippen LogP contribution is -1.97. The summed E-state index contributed by atoms with van der Waals surface area (Å²) >= 11 is 0. The highest BCUT2D eigenvalue weighted by Crippen LogP contribution is 2.09. The van der Waals surface area contributed by atoms with Crippen molar-refractivity contribution < 1.29 is 0 Å². The van der Waals surface area contributed by atoms with E-state index in [1.165, 1.54) is 77.0 Å². The van der Waals surface area contributed by atoms with Gasteiger partial charge < -0.3 is 5.73 Å². The molecule has 0 unspecified atom stereocenters. The van der Waals surface area contributed by atoms with Gasteiger partial charge in [-0.2, -0.15) is 0 Å². The van der Waals surface area contributed by atoms with Crippen LogP contribution in [0.3, 0.4) is 0 Å². The Bertz CT molecular complexity index is 211. The molecule has 1 heteroatoms. The number of nitrogens with two attached hydrogens (primary N) is 1. The molecule has 0 spiro atoms. The van der Waals surface area contributed by atoms with Gasteiger partial charge in [0.2, 0.25) is 0 Å². The first kappa shape index (κ1) is 18.5. The van der Waals surface area contributed by atoms with Crippen LogP contribution in [0.2, 0.25) is 0 Å². The van der Waals surface area contributed by atoms with Crippen molar-refractivity contribution in [3.05, 3.63) is 0 Å². The van der Waals surface area contributed by atoms with Gasteiger partial charge >= 0.3 is 0 Å². The lowest BCUT2D eigenvalue weighted by atomic mass is 10.1. The predicted molar refractivity (Wildman–Crippen MR) is 87.1 cm³/mol. The van der Waals surface area contributed by atoms with Crippen LogP contribution < -0.4 is 5.73 Å². The zero-order valence-electron chi connectivity index (χ0n) is 13.2. The lowest BCUT2D eigenvalue weighted by Gasteiger charge is -1.99. The van der Waals surface area contributed by atoms with Gasteiger partial charge in [-0.05, 0) is 25.8 Å². The molecular formula is C18H35N. The molecule has 0 saturated heterocycles. The van der Waals surface area contributed by atoms with Gasteiger partial charge in [-0.15, -0.1) is 11.8 Å². The zero-order chi connectivity index (χ0) is 14.0. The summed E-state index contributed by atoms with van der Waals surface area (Å²) in [5.41, 5.74) is 5.45. The second kappa shape index (κ2) is 17.5. The molecule has 0 atom stereocenters. The first-order chi connectivity index (χ1) is 9.41. The van der Waals surface area contributed by atoms with Crippen molar-refractivity contribution in [1.82, 2.24) is 0 Å². The summed E-state index contributed by atoms with van der Waals surface area (Å²) in [6, 6.07) is 0. The van der Waals surface area contributed by atoms with Gasteiger partial charge in [0.05, 0.1) is 0 Å². The smallest absolute Gasteiger partial charge is 0.00886 e. The van der Waals surface area contributed by atoms with Crippen LogP contribution in [0.4, 0.5) is 0 Å². The molecule has 1 nitrogen and oxygen atoms in total. The molecule has 0 aromatic rings. The Morgan fingerprint density at radius 3 is 1.47 bits per heavy atom. The van der Waals surface area contributed by atoms with Crippen LogP contribution in [-0.4, -0.2) is 6.54 Å². The molecule has 0 heterocycles. The fraction of sp³-hybridized carbons (Fsp3) is 0.889. The summed E-state index contributed by atoms with van der Waals surface area (Å²) < 4.78 is 0. The third kappa shape index (κ3) is 17.5. The third-order valence-corrected chi connectivity index (χ3v) is 3.54. The second-order valence-corrected chi connectivity index (χ2v) is 5.53. The van der Waals surface area contributed by atoms with Crippen molar-refractivity contribution >= 4 is 0 Å². The quantitative estimate of drug-likeness (QED) is 0.349. The maximum absolute atomic E-state index is 5.45. The highest BCUT2D eigenvalue weighted by molar-refractivity contribution is 4.98. The van der Waals surface area contributed by atoms with Crippen LogP contribution in [0.1, 0.15) is 96.8 Å². The van der Waals surface area contributed by atoms with Crippen LogP contribution in [0.25, 0.3) is 0 Å². The molecule has 112 valence electrons. The van der Waals surface area contributed by atoms with Gasteiger partial charge in [0.1, 0.15) is 0 Å². The van der Waals surface area contributed by atoms with Gasteiger partial charge in [-0.1, -0.05) is 64.7 Å². The first-order valence-corrected chi connectivity index (χ1v) is 8.57. The van der Waals surface area contributed by atoms with Crippen LogP contribution >= 0.6 is 0 Å². The van der Waals surface area contributed by atoms with Crippen LogP contribution in [0.5, 0.6) is 0 Å². The van der Waals surface area contributed by atoms with E-state index < -0.39 is 0 Å². The van der Waals surface area contributed by atoms with Gasteiger partial charge in [-0.3, -0.25) is 0 Å². The van der Waals surface area contributed by atoms with E-state index in [9.17, 15) is 0 Å². The van der Waals surface area contributed by atoms with E-state index in [-0.39, 0.29) is 0 Å². The number of unbranched alkanes of at least 4 members (excludes halogenated alkanes) is 12. The van der Waals surface area contributed by atoms with Crippen molar-refractivity contribution in [2.24, 2.45) is 5.73 Å². The highest BCUT2D eigenvalue weighted by atomic mass is 14.5. The fourth-order valence-electron chi connectivity index (χ4n) is 2.24. The lowest BCUT2D eigenvalue weighted by molar-refractivity contribution is 0.579. The monoisotopic (exact) mass is 265 g/mol. The summed E-state index contributed by atoms with van der Waals surface area (Å²) in [6.45, 7) is 3.11. The molecule has 0 fully saturated rings. The summed E-state index contributed by atoms with van der Waals surface area (Å²) in [7, 11) is 0. The maximum atomic E-state index is 5.45. The van der Waals surface area contributed by atoms with E-state index in [2.05, 4.69) is 18.8 Å². The Kier molecular flexibility index (Phi) is 17.1. The molecule has 0 aliphatic heterocycles. The molecule has 0 aliphatic rings. The minimum absolute atomic E-state index is 0.837. The van der Waals surface area contributed by atoms with Gasteiger partial charge in [-0.25, -0.2) is 0 Å². The van der Waals surface area contributed by atoms with Crippen molar-refractivity contribution in [1.29, 1.82) is 0 Å². The normalized spacial score (nSPS) is 10.2. The van der Waals surface area contributed by atoms with E-state index >= 15 is 0 Å². The van der Waals surface area contributed by atoms with E-state index in [0.29, 0.717) is 0 Å². The second-order valence-electron chi connectivity index (χ2n) is 5.53. The molecule has 0 radical (unpaired) electrons. The van der Waals surface area contributed by atoms with Crippen molar-refractivity contribution in [2.45, 2.75) is 96.8 Å². The van der Waals surface area contributed by atoms with E-state index in [1.54, 1.807) is 0 Å². The minimum atomic E-state index is 0.837.